The summed E-state index contributed by atoms with van der Waals surface area (Å²) in [7, 11) is 0. The van der Waals surface area contributed by atoms with E-state index >= 15 is 0 Å². The van der Waals surface area contributed by atoms with Crippen LogP contribution in [0.5, 0.6) is 0 Å². The first-order valence-corrected chi connectivity index (χ1v) is 11.4. The smallest absolute Gasteiger partial charge is 0.103 e. The summed E-state index contributed by atoms with van der Waals surface area (Å²) < 4.78 is 0. The Balaban J connectivity index is 1.82. The molecule has 0 aromatic heterocycles. The van der Waals surface area contributed by atoms with Crippen LogP contribution >= 0.6 is 0 Å². The number of nitrogens with two attached hydrogens (primary N) is 1. The van der Waals surface area contributed by atoms with Gasteiger partial charge in [0.2, 0.25) is 0 Å². The molecule has 26 heavy (non-hydrogen) atoms. The minimum atomic E-state index is 0.117. The van der Waals surface area contributed by atoms with Gasteiger partial charge < -0.3 is 5.73 Å². The third-order valence-electron chi connectivity index (χ3n) is 5.45. The molecule has 1 rings (SSSR count). The lowest BCUT2D eigenvalue weighted by Crippen LogP contribution is -2.43. The Hall–Kier alpha value is -0.670. The van der Waals surface area contributed by atoms with Gasteiger partial charge in [0, 0.05) is 12.8 Å². The number of hydrogen-bond acceptors (Lipinski definition) is 3. The normalized spacial score (nSPS) is 19.0. The van der Waals surface area contributed by atoms with Gasteiger partial charge in [-0.3, -0.25) is 9.89 Å². The van der Waals surface area contributed by atoms with Crippen LogP contribution in [-0.4, -0.2) is 30.0 Å². The van der Waals surface area contributed by atoms with Gasteiger partial charge in [-0.15, -0.1) is 0 Å². The molecule has 1 aliphatic rings. The van der Waals surface area contributed by atoms with Crippen LogP contribution in [0.25, 0.3) is 0 Å². The molecular weight excluding hydrogens is 318 g/mol. The van der Waals surface area contributed by atoms with E-state index in [0.29, 0.717) is 6.17 Å². The van der Waals surface area contributed by atoms with E-state index in [2.05, 4.69) is 35.9 Å². The monoisotopic (exact) mass is 363 g/mol. The lowest BCUT2D eigenvalue weighted by Gasteiger charge is -2.26. The zero-order chi connectivity index (χ0) is 18.9. The second kappa shape index (κ2) is 16.5. The Morgan fingerprint density at radius 3 is 2.04 bits per heavy atom. The maximum absolute atomic E-state index is 5.99. The molecule has 0 fully saturated rings. The van der Waals surface area contributed by atoms with Gasteiger partial charge in [-0.1, -0.05) is 76.9 Å². The van der Waals surface area contributed by atoms with Gasteiger partial charge >= 0.3 is 0 Å². The molecule has 0 saturated carbocycles. The van der Waals surface area contributed by atoms with Crippen molar-refractivity contribution < 1.29 is 0 Å². The fraction of sp³-hybridized carbons (Fsp3) is 0.870. The van der Waals surface area contributed by atoms with Crippen LogP contribution in [0.1, 0.15) is 110 Å². The SMILES string of the molecule is CCCCCCCCCCC/C=C/CCCCCC1N=CCN1C(C)N. The van der Waals surface area contributed by atoms with Crippen LogP contribution in [0.3, 0.4) is 0 Å². The van der Waals surface area contributed by atoms with Crippen molar-refractivity contribution in [1.29, 1.82) is 0 Å². The predicted octanol–water partition coefficient (Wildman–Crippen LogP) is 6.43. The minimum absolute atomic E-state index is 0.117. The van der Waals surface area contributed by atoms with Crippen LogP contribution in [-0.2, 0) is 0 Å². The number of hydrogen-bond donors (Lipinski definition) is 1. The van der Waals surface area contributed by atoms with Gasteiger partial charge in [-0.2, -0.15) is 0 Å². The van der Waals surface area contributed by atoms with Gasteiger partial charge in [0.05, 0.1) is 6.17 Å². The Labute approximate surface area is 163 Å². The molecule has 3 heteroatoms. The molecule has 0 saturated heterocycles. The quantitative estimate of drug-likeness (QED) is 0.239. The van der Waals surface area contributed by atoms with E-state index in [-0.39, 0.29) is 6.17 Å². The van der Waals surface area contributed by atoms with E-state index in [4.69, 9.17) is 5.73 Å². The zero-order valence-electron chi connectivity index (χ0n) is 17.7. The van der Waals surface area contributed by atoms with E-state index in [0.717, 1.165) is 13.0 Å². The van der Waals surface area contributed by atoms with E-state index in [1.54, 1.807) is 0 Å². The Morgan fingerprint density at radius 1 is 0.923 bits per heavy atom. The largest absolute Gasteiger partial charge is 0.316 e. The van der Waals surface area contributed by atoms with Crippen LogP contribution in [0.2, 0.25) is 0 Å². The molecule has 0 amide bonds. The Bertz CT molecular complexity index is 362. The summed E-state index contributed by atoms with van der Waals surface area (Å²) in [5.41, 5.74) is 5.99. The summed E-state index contributed by atoms with van der Waals surface area (Å²) in [6.07, 6.45) is 27.6. The van der Waals surface area contributed by atoms with E-state index < -0.39 is 0 Å². The first-order valence-electron chi connectivity index (χ1n) is 11.4. The maximum Gasteiger partial charge on any atom is 0.103 e. The topological polar surface area (TPSA) is 41.6 Å². The first-order chi connectivity index (χ1) is 12.8. The second-order valence-corrected chi connectivity index (χ2v) is 7.98. The molecular formula is C23H45N3. The van der Waals surface area contributed by atoms with Crippen molar-refractivity contribution in [2.45, 2.75) is 122 Å². The number of allylic oxidation sites excluding steroid dienone is 2. The van der Waals surface area contributed by atoms with E-state index in [9.17, 15) is 0 Å². The van der Waals surface area contributed by atoms with Crippen molar-refractivity contribution in [1.82, 2.24) is 4.90 Å². The van der Waals surface area contributed by atoms with E-state index in [1.165, 1.54) is 89.9 Å². The third-order valence-corrected chi connectivity index (χ3v) is 5.45. The van der Waals surface area contributed by atoms with Crippen molar-refractivity contribution in [2.75, 3.05) is 6.54 Å². The summed E-state index contributed by atoms with van der Waals surface area (Å²) in [5, 5.41) is 0. The minimum Gasteiger partial charge on any atom is -0.316 e. The average Bonchev–Trinajstić information content (AvgIpc) is 3.10. The molecule has 0 bridgehead atoms. The molecule has 0 aromatic carbocycles. The highest BCUT2D eigenvalue weighted by Crippen LogP contribution is 2.16. The molecule has 2 unspecified atom stereocenters. The molecule has 1 heterocycles. The Morgan fingerprint density at radius 2 is 1.46 bits per heavy atom. The summed E-state index contributed by atoms with van der Waals surface area (Å²) >= 11 is 0. The molecule has 2 atom stereocenters. The highest BCUT2D eigenvalue weighted by Gasteiger charge is 2.22. The third kappa shape index (κ3) is 11.9. The average molecular weight is 364 g/mol. The van der Waals surface area contributed by atoms with Gasteiger partial charge in [-0.05, 0) is 45.4 Å². The summed E-state index contributed by atoms with van der Waals surface area (Å²) in [6, 6.07) is 0. The van der Waals surface area contributed by atoms with Gasteiger partial charge in [-0.25, -0.2) is 0 Å². The summed E-state index contributed by atoms with van der Waals surface area (Å²) in [4.78, 5) is 6.84. The van der Waals surface area contributed by atoms with E-state index in [1.807, 2.05) is 6.21 Å². The number of rotatable bonds is 17. The Kier molecular flexibility index (Phi) is 14.8. The van der Waals surface area contributed by atoms with Crippen LogP contribution in [0.15, 0.2) is 17.1 Å². The molecule has 0 radical (unpaired) electrons. The van der Waals surface area contributed by atoms with Crippen LogP contribution in [0.4, 0.5) is 0 Å². The number of nitrogens with zero attached hydrogens (tertiary/aromatic N) is 2. The standard InChI is InChI=1S/C23H45N3/c1-3-4-5-6-7-8-9-10-11-12-13-14-15-16-17-18-19-23-25-20-21-26(23)22(2)24/h13-14,20,22-23H,3-12,15-19,21,24H2,1-2H3/b14-13+. The molecule has 1 aliphatic heterocycles. The highest BCUT2D eigenvalue weighted by atomic mass is 15.3. The van der Waals surface area contributed by atoms with Gasteiger partial charge in [0.1, 0.15) is 6.17 Å². The van der Waals surface area contributed by atoms with Crippen molar-refractivity contribution in [3.05, 3.63) is 12.2 Å². The lowest BCUT2D eigenvalue weighted by molar-refractivity contribution is 0.182. The van der Waals surface area contributed by atoms with Crippen LogP contribution < -0.4 is 5.73 Å². The molecule has 2 N–H and O–H groups in total. The van der Waals surface area contributed by atoms with Gasteiger partial charge in [0.25, 0.3) is 0 Å². The number of unbranched alkanes of at least 4 members (excludes halogenated alkanes) is 12. The fourth-order valence-corrected chi connectivity index (χ4v) is 3.72. The molecule has 152 valence electrons. The zero-order valence-corrected chi connectivity index (χ0v) is 17.7. The second-order valence-electron chi connectivity index (χ2n) is 7.98. The maximum atomic E-state index is 5.99. The van der Waals surface area contributed by atoms with Crippen molar-refractivity contribution in [3.63, 3.8) is 0 Å². The molecule has 0 aromatic rings. The summed E-state index contributed by atoms with van der Waals surface area (Å²) in [5.74, 6) is 0. The summed E-state index contributed by atoms with van der Waals surface area (Å²) in [6.45, 7) is 5.26. The molecule has 0 spiro atoms. The van der Waals surface area contributed by atoms with Crippen molar-refractivity contribution >= 4 is 6.21 Å². The van der Waals surface area contributed by atoms with Crippen LogP contribution in [0, 0.1) is 0 Å². The molecule has 0 aliphatic carbocycles. The first kappa shape index (κ1) is 23.4. The molecule has 3 nitrogen and oxygen atoms in total. The highest BCUT2D eigenvalue weighted by molar-refractivity contribution is 5.62. The fourth-order valence-electron chi connectivity index (χ4n) is 3.72. The van der Waals surface area contributed by atoms with Gasteiger partial charge in [0.15, 0.2) is 0 Å². The number of aliphatic imine (C=N–C) groups is 1. The van der Waals surface area contributed by atoms with Crippen molar-refractivity contribution in [3.8, 4) is 0 Å². The van der Waals surface area contributed by atoms with Crippen molar-refractivity contribution in [2.24, 2.45) is 10.7 Å². The lowest BCUT2D eigenvalue weighted by atomic mass is 10.1. The predicted molar refractivity (Wildman–Crippen MR) is 117 cm³/mol.